The molecule has 4 nitrogen and oxygen atoms in total. The van der Waals surface area contributed by atoms with E-state index in [-0.39, 0.29) is 11.7 Å². The van der Waals surface area contributed by atoms with E-state index in [4.69, 9.17) is 4.74 Å². The number of hydrogen-bond acceptors (Lipinski definition) is 4. The van der Waals surface area contributed by atoms with Crippen LogP contribution in [0.1, 0.15) is 31.2 Å². The summed E-state index contributed by atoms with van der Waals surface area (Å²) in [5.74, 6) is -0.0563. The number of hydrogen-bond donors (Lipinski definition) is 1. The zero-order chi connectivity index (χ0) is 16.2. The van der Waals surface area contributed by atoms with Gasteiger partial charge >= 0.3 is 0 Å². The van der Waals surface area contributed by atoms with Gasteiger partial charge < -0.3 is 10.1 Å². The summed E-state index contributed by atoms with van der Waals surface area (Å²) >= 11 is 0. The number of sulfone groups is 1. The van der Waals surface area contributed by atoms with E-state index in [0.29, 0.717) is 39.1 Å². The van der Waals surface area contributed by atoms with Crippen LogP contribution in [-0.2, 0) is 14.6 Å². The van der Waals surface area contributed by atoms with Gasteiger partial charge in [-0.25, -0.2) is 12.8 Å². The molecular formula is C16H24FNO3S. The molecule has 1 atom stereocenters. The van der Waals surface area contributed by atoms with Crippen molar-refractivity contribution >= 4 is 9.84 Å². The van der Waals surface area contributed by atoms with Crippen LogP contribution in [0.4, 0.5) is 4.39 Å². The number of rotatable bonds is 6. The van der Waals surface area contributed by atoms with Crippen LogP contribution in [0.3, 0.4) is 0 Å². The minimum atomic E-state index is -3.15. The maximum atomic E-state index is 12.9. The summed E-state index contributed by atoms with van der Waals surface area (Å²) in [4.78, 5) is 0. The summed E-state index contributed by atoms with van der Waals surface area (Å²) in [5, 5.41) is 3.29. The first-order chi connectivity index (χ1) is 10.3. The minimum Gasteiger partial charge on any atom is -0.381 e. The molecule has 1 N–H and O–H groups in total. The fourth-order valence-electron chi connectivity index (χ4n) is 2.85. The van der Waals surface area contributed by atoms with Gasteiger partial charge in [0.05, 0.1) is 4.75 Å². The Labute approximate surface area is 132 Å². The third kappa shape index (κ3) is 4.06. The molecule has 1 aliphatic heterocycles. The quantitative estimate of drug-likeness (QED) is 0.868. The van der Waals surface area contributed by atoms with Gasteiger partial charge in [-0.1, -0.05) is 19.1 Å². The smallest absolute Gasteiger partial charge is 0.154 e. The molecule has 0 bridgehead atoms. The molecule has 0 radical (unpaired) electrons. The first kappa shape index (κ1) is 17.4. The van der Waals surface area contributed by atoms with E-state index in [1.807, 2.05) is 6.92 Å². The standard InChI is InChI=1S/C16H24FNO3S/c1-13(14-3-5-15(17)6-4-14)11-18-12-16(22(2,19)20)7-9-21-10-8-16/h3-6,13,18H,7-12H2,1-2H3/t13-/m0/s1. The molecule has 0 amide bonds. The van der Waals surface area contributed by atoms with Crippen LogP contribution >= 0.6 is 0 Å². The zero-order valence-electron chi connectivity index (χ0n) is 13.1. The highest BCUT2D eigenvalue weighted by atomic mass is 32.2. The van der Waals surface area contributed by atoms with Crippen molar-refractivity contribution in [2.45, 2.75) is 30.4 Å². The first-order valence-corrected chi connectivity index (χ1v) is 9.47. The normalized spacial score (nSPS) is 19.8. The Balaban J connectivity index is 1.94. The monoisotopic (exact) mass is 329 g/mol. The molecule has 2 rings (SSSR count). The summed E-state index contributed by atoms with van der Waals surface area (Å²) < 4.78 is 41.8. The zero-order valence-corrected chi connectivity index (χ0v) is 14.0. The maximum absolute atomic E-state index is 12.9. The molecule has 0 aromatic heterocycles. The number of nitrogens with one attached hydrogen (secondary N) is 1. The van der Waals surface area contributed by atoms with Crippen LogP contribution in [0.5, 0.6) is 0 Å². The van der Waals surface area contributed by atoms with E-state index in [1.54, 1.807) is 12.1 Å². The Hall–Kier alpha value is -0.980. The number of halogens is 1. The highest BCUT2D eigenvalue weighted by Gasteiger charge is 2.41. The Morgan fingerprint density at radius 3 is 2.41 bits per heavy atom. The summed E-state index contributed by atoms with van der Waals surface area (Å²) in [7, 11) is -3.15. The lowest BCUT2D eigenvalue weighted by Gasteiger charge is -2.35. The number of ether oxygens (including phenoxy) is 1. The van der Waals surface area contributed by atoms with Gasteiger partial charge in [-0.3, -0.25) is 0 Å². The Morgan fingerprint density at radius 2 is 1.86 bits per heavy atom. The summed E-state index contributed by atoms with van der Waals surface area (Å²) in [6.07, 6.45) is 2.37. The molecule has 1 fully saturated rings. The van der Waals surface area contributed by atoms with E-state index in [9.17, 15) is 12.8 Å². The van der Waals surface area contributed by atoms with Gasteiger partial charge in [-0.05, 0) is 36.5 Å². The fourth-order valence-corrected chi connectivity index (χ4v) is 4.12. The average Bonchev–Trinajstić information content (AvgIpc) is 2.47. The van der Waals surface area contributed by atoms with Gasteiger partial charge in [-0.15, -0.1) is 0 Å². The molecular weight excluding hydrogens is 305 g/mol. The van der Waals surface area contributed by atoms with Gasteiger partial charge in [0.25, 0.3) is 0 Å². The fraction of sp³-hybridized carbons (Fsp3) is 0.625. The third-order valence-corrected chi connectivity index (χ3v) is 6.65. The number of benzene rings is 1. The van der Waals surface area contributed by atoms with Crippen LogP contribution in [0.15, 0.2) is 24.3 Å². The maximum Gasteiger partial charge on any atom is 0.154 e. The van der Waals surface area contributed by atoms with Crippen molar-refractivity contribution in [2.75, 3.05) is 32.6 Å². The highest BCUT2D eigenvalue weighted by molar-refractivity contribution is 7.92. The predicted octanol–water partition coefficient (Wildman–Crippen LogP) is 2.11. The molecule has 124 valence electrons. The van der Waals surface area contributed by atoms with Gasteiger partial charge in [0, 0.05) is 32.6 Å². The lowest BCUT2D eigenvalue weighted by molar-refractivity contribution is 0.0745. The van der Waals surface area contributed by atoms with Gasteiger partial charge in [0.15, 0.2) is 9.84 Å². The second kappa shape index (κ2) is 7.06. The topological polar surface area (TPSA) is 55.4 Å². The molecule has 1 aromatic carbocycles. The van der Waals surface area contributed by atoms with E-state index in [2.05, 4.69) is 5.32 Å². The summed E-state index contributed by atoms with van der Waals surface area (Å²) in [6, 6.07) is 6.43. The van der Waals surface area contributed by atoms with Crippen molar-refractivity contribution in [1.29, 1.82) is 0 Å². The second-order valence-electron chi connectivity index (χ2n) is 6.15. The van der Waals surface area contributed by atoms with E-state index in [1.165, 1.54) is 18.4 Å². The van der Waals surface area contributed by atoms with Crippen molar-refractivity contribution in [1.82, 2.24) is 5.32 Å². The van der Waals surface area contributed by atoms with Gasteiger partial charge in [0.1, 0.15) is 5.82 Å². The molecule has 0 aliphatic carbocycles. The van der Waals surface area contributed by atoms with Crippen molar-refractivity contribution < 1.29 is 17.5 Å². The molecule has 0 spiro atoms. The van der Waals surface area contributed by atoms with E-state index in [0.717, 1.165) is 5.56 Å². The Morgan fingerprint density at radius 1 is 1.27 bits per heavy atom. The summed E-state index contributed by atoms with van der Waals surface area (Å²) in [5.41, 5.74) is 1.04. The Bertz CT molecular complexity index is 580. The van der Waals surface area contributed by atoms with Crippen molar-refractivity contribution in [3.05, 3.63) is 35.6 Å². The average molecular weight is 329 g/mol. The molecule has 6 heteroatoms. The van der Waals surface area contributed by atoms with Crippen LogP contribution in [0.25, 0.3) is 0 Å². The van der Waals surface area contributed by atoms with Gasteiger partial charge in [-0.2, -0.15) is 0 Å². The van der Waals surface area contributed by atoms with E-state index >= 15 is 0 Å². The van der Waals surface area contributed by atoms with Crippen LogP contribution in [0, 0.1) is 5.82 Å². The largest absolute Gasteiger partial charge is 0.381 e. The SMILES string of the molecule is C[C@@H](CNCC1(S(C)(=O)=O)CCOCC1)c1ccc(F)cc1. The molecule has 1 aromatic rings. The molecule has 1 saturated heterocycles. The van der Waals surface area contributed by atoms with Crippen molar-refractivity contribution in [3.8, 4) is 0 Å². The van der Waals surface area contributed by atoms with E-state index < -0.39 is 14.6 Å². The molecule has 0 unspecified atom stereocenters. The van der Waals surface area contributed by atoms with Gasteiger partial charge in [0.2, 0.25) is 0 Å². The Kier molecular flexibility index (Phi) is 5.58. The lowest BCUT2D eigenvalue weighted by atomic mass is 9.97. The molecule has 1 heterocycles. The minimum absolute atomic E-state index is 0.192. The van der Waals surface area contributed by atoms with Crippen LogP contribution < -0.4 is 5.32 Å². The molecule has 1 aliphatic rings. The highest BCUT2D eigenvalue weighted by Crippen LogP contribution is 2.28. The molecule has 0 saturated carbocycles. The molecule has 22 heavy (non-hydrogen) atoms. The predicted molar refractivity (Wildman–Crippen MR) is 85.3 cm³/mol. The second-order valence-corrected chi connectivity index (χ2v) is 8.56. The third-order valence-electron chi connectivity index (χ3n) is 4.53. The summed E-state index contributed by atoms with van der Waals surface area (Å²) in [6.45, 7) is 4.10. The van der Waals surface area contributed by atoms with Crippen LogP contribution in [-0.4, -0.2) is 45.7 Å². The van der Waals surface area contributed by atoms with Crippen molar-refractivity contribution in [2.24, 2.45) is 0 Å². The first-order valence-electron chi connectivity index (χ1n) is 7.58. The lowest BCUT2D eigenvalue weighted by Crippen LogP contribution is -2.51. The van der Waals surface area contributed by atoms with Crippen molar-refractivity contribution in [3.63, 3.8) is 0 Å². The van der Waals surface area contributed by atoms with Crippen LogP contribution in [0.2, 0.25) is 0 Å².